The Morgan fingerprint density at radius 2 is 2.00 bits per heavy atom. The van der Waals surface area contributed by atoms with Gasteiger partial charge in [0.15, 0.2) is 5.11 Å². The predicted octanol–water partition coefficient (Wildman–Crippen LogP) is 3.06. The molecule has 2 nitrogen and oxygen atoms in total. The van der Waals surface area contributed by atoms with Crippen molar-refractivity contribution in [3.63, 3.8) is 0 Å². The standard InChI is InChI=1S/C12H17ClN2S2/c1-17-8-2-7-14-12(16)15-9-10-3-5-11(13)6-4-10/h3-6H,2,7-9H2,1H3,(H2,14,15,16). The number of thioether (sulfide) groups is 1. The lowest BCUT2D eigenvalue weighted by atomic mass is 10.2. The van der Waals surface area contributed by atoms with Crippen molar-refractivity contribution in [3.8, 4) is 0 Å². The summed E-state index contributed by atoms with van der Waals surface area (Å²) < 4.78 is 0. The van der Waals surface area contributed by atoms with Crippen LogP contribution in [0.1, 0.15) is 12.0 Å². The maximum Gasteiger partial charge on any atom is 0.166 e. The largest absolute Gasteiger partial charge is 0.363 e. The highest BCUT2D eigenvalue weighted by molar-refractivity contribution is 7.98. The molecule has 0 unspecified atom stereocenters. The SMILES string of the molecule is CSCCCNC(=S)NCc1ccc(Cl)cc1. The molecule has 0 aliphatic carbocycles. The minimum Gasteiger partial charge on any atom is -0.363 e. The van der Waals surface area contributed by atoms with E-state index in [1.54, 1.807) is 0 Å². The second-order valence-electron chi connectivity index (χ2n) is 3.58. The minimum absolute atomic E-state index is 0.709. The first kappa shape index (κ1) is 14.6. The Hall–Kier alpha value is -0.450. The Balaban J connectivity index is 2.17. The van der Waals surface area contributed by atoms with Crippen LogP contribution in [0, 0.1) is 0 Å². The molecule has 0 bridgehead atoms. The number of hydrogen-bond acceptors (Lipinski definition) is 2. The summed E-state index contributed by atoms with van der Waals surface area (Å²) in [6.45, 7) is 1.65. The Morgan fingerprint density at radius 3 is 2.65 bits per heavy atom. The molecule has 2 N–H and O–H groups in total. The van der Waals surface area contributed by atoms with Crippen molar-refractivity contribution in [3.05, 3.63) is 34.9 Å². The molecule has 0 saturated carbocycles. The van der Waals surface area contributed by atoms with Gasteiger partial charge in [0.05, 0.1) is 0 Å². The third-order valence-electron chi connectivity index (χ3n) is 2.18. The first-order chi connectivity index (χ1) is 8.22. The van der Waals surface area contributed by atoms with Crippen molar-refractivity contribution in [2.24, 2.45) is 0 Å². The summed E-state index contributed by atoms with van der Waals surface area (Å²) >= 11 is 12.8. The normalized spacial score (nSPS) is 10.0. The molecule has 1 rings (SSSR count). The van der Waals surface area contributed by atoms with Crippen molar-refractivity contribution in [1.29, 1.82) is 0 Å². The van der Waals surface area contributed by atoms with Crippen molar-refractivity contribution in [2.45, 2.75) is 13.0 Å². The third kappa shape index (κ3) is 6.76. The van der Waals surface area contributed by atoms with Gasteiger partial charge in [-0.05, 0) is 48.3 Å². The van der Waals surface area contributed by atoms with Gasteiger partial charge in [-0.1, -0.05) is 23.7 Å². The summed E-state index contributed by atoms with van der Waals surface area (Å²) in [5.41, 5.74) is 1.17. The van der Waals surface area contributed by atoms with Crippen LogP contribution in [0.4, 0.5) is 0 Å². The summed E-state index contributed by atoms with van der Waals surface area (Å²) in [6.07, 6.45) is 3.24. The fourth-order valence-electron chi connectivity index (χ4n) is 1.27. The topological polar surface area (TPSA) is 24.1 Å². The number of hydrogen-bond donors (Lipinski definition) is 2. The zero-order valence-electron chi connectivity index (χ0n) is 9.83. The average Bonchev–Trinajstić information content (AvgIpc) is 2.34. The molecule has 0 aliphatic rings. The Morgan fingerprint density at radius 1 is 1.29 bits per heavy atom. The monoisotopic (exact) mass is 288 g/mol. The van der Waals surface area contributed by atoms with Gasteiger partial charge in [-0.2, -0.15) is 11.8 Å². The highest BCUT2D eigenvalue weighted by Crippen LogP contribution is 2.08. The Bertz CT molecular complexity index is 341. The molecule has 0 spiro atoms. The summed E-state index contributed by atoms with van der Waals surface area (Å²) in [4.78, 5) is 0. The van der Waals surface area contributed by atoms with Gasteiger partial charge in [-0.3, -0.25) is 0 Å². The number of rotatable bonds is 6. The van der Waals surface area contributed by atoms with E-state index in [9.17, 15) is 0 Å². The highest BCUT2D eigenvalue weighted by Gasteiger charge is 1.96. The van der Waals surface area contributed by atoms with E-state index < -0.39 is 0 Å². The van der Waals surface area contributed by atoms with Gasteiger partial charge in [0.2, 0.25) is 0 Å². The molecule has 5 heteroatoms. The van der Waals surface area contributed by atoms with Gasteiger partial charge >= 0.3 is 0 Å². The molecule has 17 heavy (non-hydrogen) atoms. The van der Waals surface area contributed by atoms with Crippen molar-refractivity contribution >= 4 is 40.7 Å². The molecular weight excluding hydrogens is 272 g/mol. The number of thiocarbonyl (C=S) groups is 1. The van der Waals surface area contributed by atoms with Crippen LogP contribution in [0.15, 0.2) is 24.3 Å². The lowest BCUT2D eigenvalue weighted by molar-refractivity contribution is 0.804. The van der Waals surface area contributed by atoms with E-state index >= 15 is 0 Å². The second-order valence-corrected chi connectivity index (χ2v) is 5.41. The summed E-state index contributed by atoms with van der Waals surface area (Å²) in [5.74, 6) is 1.16. The van der Waals surface area contributed by atoms with Crippen LogP contribution in [-0.4, -0.2) is 23.7 Å². The molecule has 1 aromatic carbocycles. The van der Waals surface area contributed by atoms with E-state index in [2.05, 4.69) is 16.9 Å². The van der Waals surface area contributed by atoms with E-state index in [0.717, 1.165) is 30.3 Å². The molecule has 0 amide bonds. The van der Waals surface area contributed by atoms with Gasteiger partial charge in [0, 0.05) is 18.1 Å². The van der Waals surface area contributed by atoms with E-state index in [1.807, 2.05) is 36.0 Å². The van der Waals surface area contributed by atoms with Crippen molar-refractivity contribution in [2.75, 3.05) is 18.6 Å². The molecule has 0 fully saturated rings. The molecular formula is C12H17ClN2S2. The molecule has 0 aliphatic heterocycles. The van der Waals surface area contributed by atoms with E-state index in [1.165, 1.54) is 5.56 Å². The molecule has 94 valence electrons. The lowest BCUT2D eigenvalue weighted by Gasteiger charge is -2.10. The Kier molecular flexibility index (Phi) is 7.40. The molecule has 0 atom stereocenters. The first-order valence-electron chi connectivity index (χ1n) is 5.47. The second kappa shape index (κ2) is 8.61. The van der Waals surface area contributed by atoms with Crippen molar-refractivity contribution in [1.82, 2.24) is 10.6 Å². The van der Waals surface area contributed by atoms with E-state index in [4.69, 9.17) is 23.8 Å². The van der Waals surface area contributed by atoms with Gasteiger partial charge in [0.1, 0.15) is 0 Å². The fourth-order valence-corrected chi connectivity index (χ4v) is 2.00. The number of halogens is 1. The number of nitrogens with one attached hydrogen (secondary N) is 2. The summed E-state index contributed by atoms with van der Waals surface area (Å²) in [6, 6.07) is 7.75. The third-order valence-corrected chi connectivity index (χ3v) is 3.41. The van der Waals surface area contributed by atoms with Gasteiger partial charge < -0.3 is 10.6 Å². The van der Waals surface area contributed by atoms with Crippen LogP contribution in [-0.2, 0) is 6.54 Å². The van der Waals surface area contributed by atoms with Crippen LogP contribution in [0.5, 0.6) is 0 Å². The maximum absolute atomic E-state index is 5.81. The van der Waals surface area contributed by atoms with Crippen LogP contribution in [0.3, 0.4) is 0 Å². The van der Waals surface area contributed by atoms with E-state index in [-0.39, 0.29) is 0 Å². The van der Waals surface area contributed by atoms with Crippen LogP contribution < -0.4 is 10.6 Å². The molecule has 0 saturated heterocycles. The fraction of sp³-hybridized carbons (Fsp3) is 0.417. The molecule has 0 heterocycles. The van der Waals surface area contributed by atoms with Gasteiger partial charge in [0.25, 0.3) is 0 Å². The van der Waals surface area contributed by atoms with Gasteiger partial charge in [-0.15, -0.1) is 0 Å². The maximum atomic E-state index is 5.81. The zero-order valence-corrected chi connectivity index (χ0v) is 12.2. The Labute approximate surface area is 118 Å². The van der Waals surface area contributed by atoms with Gasteiger partial charge in [-0.25, -0.2) is 0 Å². The lowest BCUT2D eigenvalue weighted by Crippen LogP contribution is -2.35. The smallest absolute Gasteiger partial charge is 0.166 e. The quantitative estimate of drug-likeness (QED) is 0.621. The zero-order chi connectivity index (χ0) is 12.5. The van der Waals surface area contributed by atoms with E-state index in [0.29, 0.717) is 5.11 Å². The highest BCUT2D eigenvalue weighted by atomic mass is 35.5. The van der Waals surface area contributed by atoms with Crippen LogP contribution in [0.2, 0.25) is 5.02 Å². The minimum atomic E-state index is 0.709. The molecule has 0 aromatic heterocycles. The predicted molar refractivity (Wildman–Crippen MR) is 81.9 cm³/mol. The first-order valence-corrected chi connectivity index (χ1v) is 7.65. The summed E-state index contributed by atoms with van der Waals surface area (Å²) in [7, 11) is 0. The number of benzene rings is 1. The average molecular weight is 289 g/mol. The van der Waals surface area contributed by atoms with Crippen molar-refractivity contribution < 1.29 is 0 Å². The van der Waals surface area contributed by atoms with Crippen LogP contribution in [0.25, 0.3) is 0 Å². The summed E-state index contributed by atoms with van der Waals surface area (Å²) in [5, 5.41) is 7.81. The molecule has 1 aromatic rings. The molecule has 0 radical (unpaired) electrons. The van der Waals surface area contributed by atoms with Crippen LogP contribution >= 0.6 is 35.6 Å².